The summed E-state index contributed by atoms with van der Waals surface area (Å²) in [6.45, 7) is 10.1. The Bertz CT molecular complexity index is 497. The molecule has 0 aromatic carbocycles. The maximum atomic E-state index is 12.0. The van der Waals surface area contributed by atoms with Crippen LogP contribution in [0.5, 0.6) is 0 Å². The summed E-state index contributed by atoms with van der Waals surface area (Å²) in [6, 6.07) is 0. The first-order valence-corrected chi connectivity index (χ1v) is 6.46. The molecule has 1 unspecified atom stereocenters. The van der Waals surface area contributed by atoms with E-state index in [1.165, 1.54) is 0 Å². The van der Waals surface area contributed by atoms with Gasteiger partial charge in [-0.05, 0) is 45.8 Å². The summed E-state index contributed by atoms with van der Waals surface area (Å²) in [4.78, 5) is 29.5. The van der Waals surface area contributed by atoms with Crippen molar-refractivity contribution >= 4 is 17.7 Å². The molecule has 2 aliphatic rings. The Hall–Kier alpha value is -1.65. The highest BCUT2D eigenvalue weighted by molar-refractivity contribution is 6.09. The molecule has 2 aliphatic heterocycles. The predicted molar refractivity (Wildman–Crippen MR) is 72.1 cm³/mol. The topological polar surface area (TPSA) is 59.0 Å². The third-order valence-corrected chi connectivity index (χ3v) is 3.44. The number of fused-ring (bicyclic) bond motifs is 1. The molecule has 2 rings (SSSR count). The van der Waals surface area contributed by atoms with Gasteiger partial charge >= 0.3 is 6.09 Å². The summed E-state index contributed by atoms with van der Waals surface area (Å²) in [6.07, 6.45) is -0.368. The molecule has 2 heterocycles. The van der Waals surface area contributed by atoms with Crippen LogP contribution in [0, 0.1) is 5.92 Å². The van der Waals surface area contributed by atoms with Crippen LogP contribution >= 0.6 is 0 Å². The van der Waals surface area contributed by atoms with Gasteiger partial charge in [-0.2, -0.15) is 0 Å². The SMILES string of the molecule is CC1=NC(=O)C2CN(C(=O)OC(C)(C)C)CC2=C1C. The summed E-state index contributed by atoms with van der Waals surface area (Å²) in [5.41, 5.74) is 2.26. The van der Waals surface area contributed by atoms with Gasteiger partial charge in [0.15, 0.2) is 0 Å². The maximum absolute atomic E-state index is 12.0. The number of carbonyl (C=O) groups is 2. The number of dihydropyridines is 1. The van der Waals surface area contributed by atoms with Gasteiger partial charge in [0.05, 0.1) is 5.92 Å². The molecule has 0 radical (unpaired) electrons. The number of hydrogen-bond acceptors (Lipinski definition) is 3. The van der Waals surface area contributed by atoms with Gasteiger partial charge in [0.25, 0.3) is 5.91 Å². The second-order valence-corrected chi connectivity index (χ2v) is 6.10. The average Bonchev–Trinajstić information content (AvgIpc) is 2.69. The minimum Gasteiger partial charge on any atom is -0.444 e. The second-order valence-electron chi connectivity index (χ2n) is 6.10. The van der Waals surface area contributed by atoms with Crippen molar-refractivity contribution in [2.75, 3.05) is 13.1 Å². The molecular weight excluding hydrogens is 244 g/mol. The van der Waals surface area contributed by atoms with Gasteiger partial charge in [-0.3, -0.25) is 4.79 Å². The molecule has 0 aromatic heterocycles. The summed E-state index contributed by atoms with van der Waals surface area (Å²) < 4.78 is 5.34. The zero-order valence-corrected chi connectivity index (χ0v) is 12.1. The van der Waals surface area contributed by atoms with Crippen LogP contribution in [0.3, 0.4) is 0 Å². The normalized spacial score (nSPS) is 23.4. The van der Waals surface area contributed by atoms with Gasteiger partial charge in [0, 0.05) is 18.8 Å². The van der Waals surface area contributed by atoms with Crippen LogP contribution in [-0.2, 0) is 9.53 Å². The number of allylic oxidation sites excluding steroid dienone is 1. The van der Waals surface area contributed by atoms with Gasteiger partial charge in [-0.15, -0.1) is 0 Å². The van der Waals surface area contributed by atoms with Crippen LogP contribution in [0.1, 0.15) is 34.6 Å². The molecule has 0 aromatic rings. The molecule has 0 saturated carbocycles. The summed E-state index contributed by atoms with van der Waals surface area (Å²) in [7, 11) is 0. The zero-order valence-electron chi connectivity index (χ0n) is 12.1. The number of likely N-dealkylation sites (tertiary alicyclic amines) is 1. The van der Waals surface area contributed by atoms with E-state index < -0.39 is 5.60 Å². The van der Waals surface area contributed by atoms with Crippen LogP contribution in [0.25, 0.3) is 0 Å². The summed E-state index contributed by atoms with van der Waals surface area (Å²) in [5.74, 6) is -0.430. The van der Waals surface area contributed by atoms with E-state index in [1.54, 1.807) is 4.90 Å². The van der Waals surface area contributed by atoms with E-state index in [-0.39, 0.29) is 17.9 Å². The van der Waals surface area contributed by atoms with Gasteiger partial charge in [-0.1, -0.05) is 0 Å². The average molecular weight is 264 g/mol. The molecule has 104 valence electrons. The Balaban J connectivity index is 2.17. The van der Waals surface area contributed by atoms with Crippen molar-refractivity contribution in [2.45, 2.75) is 40.2 Å². The lowest BCUT2D eigenvalue weighted by Crippen LogP contribution is -2.35. The summed E-state index contributed by atoms with van der Waals surface area (Å²) in [5, 5.41) is 0. The minimum absolute atomic E-state index is 0.149. The molecule has 1 saturated heterocycles. The number of aliphatic imine (C=N–C) groups is 1. The fraction of sp³-hybridized carbons (Fsp3) is 0.643. The fourth-order valence-electron chi connectivity index (χ4n) is 2.34. The molecule has 0 N–H and O–H groups in total. The quantitative estimate of drug-likeness (QED) is 0.673. The van der Waals surface area contributed by atoms with Crippen LogP contribution in [0.2, 0.25) is 0 Å². The van der Waals surface area contributed by atoms with E-state index in [0.29, 0.717) is 13.1 Å². The largest absolute Gasteiger partial charge is 0.444 e. The van der Waals surface area contributed by atoms with Crippen molar-refractivity contribution in [3.63, 3.8) is 0 Å². The molecule has 5 nitrogen and oxygen atoms in total. The van der Waals surface area contributed by atoms with Crippen molar-refractivity contribution in [3.05, 3.63) is 11.1 Å². The van der Waals surface area contributed by atoms with Gasteiger partial charge in [-0.25, -0.2) is 9.79 Å². The highest BCUT2D eigenvalue weighted by Gasteiger charge is 2.40. The highest BCUT2D eigenvalue weighted by atomic mass is 16.6. The Morgan fingerprint density at radius 3 is 2.58 bits per heavy atom. The smallest absolute Gasteiger partial charge is 0.410 e. The van der Waals surface area contributed by atoms with E-state index in [4.69, 9.17) is 4.74 Å². The Morgan fingerprint density at radius 2 is 2.00 bits per heavy atom. The lowest BCUT2D eigenvalue weighted by atomic mass is 9.92. The zero-order chi connectivity index (χ0) is 14.4. The number of nitrogens with zero attached hydrogens (tertiary/aromatic N) is 2. The second kappa shape index (κ2) is 4.47. The number of hydrogen-bond donors (Lipinski definition) is 0. The van der Waals surface area contributed by atoms with Crippen LogP contribution in [-0.4, -0.2) is 41.3 Å². The Kier molecular flexibility index (Phi) is 3.24. The number of amides is 2. The van der Waals surface area contributed by atoms with Crippen LogP contribution in [0.15, 0.2) is 16.1 Å². The molecule has 0 aliphatic carbocycles. The van der Waals surface area contributed by atoms with Gasteiger partial charge in [0.2, 0.25) is 0 Å². The van der Waals surface area contributed by atoms with E-state index in [9.17, 15) is 9.59 Å². The monoisotopic (exact) mass is 264 g/mol. The van der Waals surface area contributed by atoms with Crippen LogP contribution in [0.4, 0.5) is 4.79 Å². The third kappa shape index (κ3) is 2.69. The van der Waals surface area contributed by atoms with Crippen LogP contribution < -0.4 is 0 Å². The first kappa shape index (κ1) is 13.8. The molecule has 1 atom stereocenters. The summed E-state index contributed by atoms with van der Waals surface area (Å²) >= 11 is 0. The number of carbonyl (C=O) groups excluding carboxylic acids is 2. The molecule has 5 heteroatoms. The van der Waals surface area contributed by atoms with Crippen molar-refractivity contribution in [3.8, 4) is 0 Å². The lowest BCUT2D eigenvalue weighted by molar-refractivity contribution is -0.120. The lowest BCUT2D eigenvalue weighted by Gasteiger charge is -2.24. The van der Waals surface area contributed by atoms with Crippen molar-refractivity contribution in [2.24, 2.45) is 10.9 Å². The van der Waals surface area contributed by atoms with E-state index in [2.05, 4.69) is 4.99 Å². The van der Waals surface area contributed by atoms with Gasteiger partial charge in [0.1, 0.15) is 5.60 Å². The van der Waals surface area contributed by atoms with Gasteiger partial charge < -0.3 is 9.64 Å². The number of rotatable bonds is 0. The van der Waals surface area contributed by atoms with Crippen molar-refractivity contribution in [1.29, 1.82) is 0 Å². The first-order valence-electron chi connectivity index (χ1n) is 6.46. The molecule has 0 bridgehead atoms. The minimum atomic E-state index is -0.523. The molecule has 2 amide bonds. The van der Waals surface area contributed by atoms with Crippen molar-refractivity contribution < 1.29 is 14.3 Å². The first-order chi connectivity index (χ1) is 8.69. The van der Waals surface area contributed by atoms with Crippen molar-refractivity contribution in [1.82, 2.24) is 4.90 Å². The Labute approximate surface area is 113 Å². The van der Waals surface area contributed by atoms with E-state index in [0.717, 1.165) is 16.9 Å². The highest BCUT2D eigenvalue weighted by Crippen LogP contribution is 2.31. The standard InChI is InChI=1S/C14H20N2O3/c1-8-9(2)15-12(17)11-7-16(6-10(8)11)13(18)19-14(3,4)5/h11H,6-7H2,1-5H3. The molecule has 19 heavy (non-hydrogen) atoms. The number of ether oxygens (including phenoxy) is 1. The third-order valence-electron chi connectivity index (χ3n) is 3.44. The molecule has 0 spiro atoms. The molecule has 1 fully saturated rings. The fourth-order valence-corrected chi connectivity index (χ4v) is 2.34. The van der Waals surface area contributed by atoms with E-state index in [1.807, 2.05) is 34.6 Å². The Morgan fingerprint density at radius 1 is 1.37 bits per heavy atom. The van der Waals surface area contributed by atoms with E-state index >= 15 is 0 Å². The predicted octanol–water partition coefficient (Wildman–Crippen LogP) is 2.17. The maximum Gasteiger partial charge on any atom is 0.410 e. The molecular formula is C14H20N2O3.